The number of alkyl halides is 6. The summed E-state index contributed by atoms with van der Waals surface area (Å²) in [5, 5.41) is 0. The maximum absolute atomic E-state index is 12.8. The van der Waals surface area contributed by atoms with Gasteiger partial charge in [-0.15, -0.1) is 0 Å². The van der Waals surface area contributed by atoms with E-state index < -0.39 is 36.2 Å². The van der Waals surface area contributed by atoms with Crippen LogP contribution >= 0.6 is 0 Å². The third-order valence-corrected chi connectivity index (χ3v) is 2.66. The van der Waals surface area contributed by atoms with E-state index in [2.05, 4.69) is 4.74 Å². The van der Waals surface area contributed by atoms with Crippen LogP contribution in [0.5, 0.6) is 0 Å². The van der Waals surface area contributed by atoms with Crippen molar-refractivity contribution >= 4 is 5.97 Å². The van der Waals surface area contributed by atoms with Gasteiger partial charge in [-0.3, -0.25) is 4.79 Å². The van der Waals surface area contributed by atoms with E-state index in [9.17, 15) is 31.1 Å². The number of carbonyl (C=O) groups excluding carboxylic acids is 1. The van der Waals surface area contributed by atoms with E-state index in [1.54, 1.807) is 0 Å². The van der Waals surface area contributed by atoms with Crippen molar-refractivity contribution in [3.05, 3.63) is 35.4 Å². The van der Waals surface area contributed by atoms with Crippen LogP contribution in [-0.4, -0.2) is 18.8 Å². The number of halogens is 6. The molecule has 0 N–H and O–H groups in total. The highest BCUT2D eigenvalue weighted by atomic mass is 19.4. The van der Waals surface area contributed by atoms with E-state index >= 15 is 0 Å². The van der Waals surface area contributed by atoms with E-state index in [0.29, 0.717) is 6.07 Å². The average Bonchev–Trinajstić information content (AvgIpc) is 2.34. The minimum atomic E-state index is -4.89. The second-order valence-corrected chi connectivity index (χ2v) is 4.25. The van der Waals surface area contributed by atoms with Crippen molar-refractivity contribution < 1.29 is 35.9 Å². The van der Waals surface area contributed by atoms with Gasteiger partial charge >= 0.3 is 18.3 Å². The minimum Gasteiger partial charge on any atom is -0.466 e. The van der Waals surface area contributed by atoms with E-state index in [0.717, 1.165) is 18.2 Å². The van der Waals surface area contributed by atoms with Gasteiger partial charge in [0, 0.05) is 0 Å². The average molecular weight is 314 g/mol. The maximum Gasteiger partial charge on any atom is 0.416 e. The second kappa shape index (κ2) is 6.36. The van der Waals surface area contributed by atoms with Crippen molar-refractivity contribution in [2.45, 2.75) is 25.7 Å². The fourth-order valence-electron chi connectivity index (χ4n) is 1.69. The van der Waals surface area contributed by atoms with Crippen molar-refractivity contribution in [3.63, 3.8) is 0 Å². The molecule has 0 heterocycles. The molecular formula is C13H12F6O2. The molecule has 0 bridgehead atoms. The van der Waals surface area contributed by atoms with Crippen LogP contribution in [0.25, 0.3) is 0 Å². The maximum atomic E-state index is 12.8. The molecule has 0 saturated carbocycles. The summed E-state index contributed by atoms with van der Waals surface area (Å²) in [6.45, 7) is 1.10. The molecule has 8 heteroatoms. The van der Waals surface area contributed by atoms with Crippen molar-refractivity contribution in [3.8, 4) is 0 Å². The minimum absolute atomic E-state index is 0.236. The smallest absolute Gasteiger partial charge is 0.416 e. The number of hydrogen-bond acceptors (Lipinski definition) is 2. The standard InChI is InChI=1S/C13H12F6O2/c1-2-21-11(20)10(13(17,18)19)7-8-4-3-5-9(6-8)12(14,15)16/h3-6,10H,2,7H2,1H3. The SMILES string of the molecule is CCOC(=O)C(Cc1cccc(C(F)(F)F)c1)C(F)(F)F. The molecule has 0 spiro atoms. The number of esters is 1. The number of rotatable bonds is 4. The third kappa shape index (κ3) is 4.95. The summed E-state index contributed by atoms with van der Waals surface area (Å²) in [5.74, 6) is -3.98. The summed E-state index contributed by atoms with van der Waals surface area (Å²) < 4.78 is 80.2. The van der Waals surface area contributed by atoms with Crippen molar-refractivity contribution in [1.82, 2.24) is 0 Å². The molecule has 0 radical (unpaired) electrons. The Morgan fingerprint density at radius 2 is 1.81 bits per heavy atom. The van der Waals surface area contributed by atoms with Gasteiger partial charge in [0.25, 0.3) is 0 Å². The Morgan fingerprint density at radius 3 is 2.29 bits per heavy atom. The zero-order valence-electron chi connectivity index (χ0n) is 10.9. The molecule has 0 saturated heterocycles. The molecule has 0 aliphatic rings. The van der Waals surface area contributed by atoms with Crippen LogP contribution in [0.1, 0.15) is 18.1 Å². The van der Waals surface area contributed by atoms with Gasteiger partial charge in [-0.05, 0) is 25.0 Å². The van der Waals surface area contributed by atoms with Gasteiger partial charge < -0.3 is 4.74 Å². The molecule has 1 aromatic carbocycles. The van der Waals surface area contributed by atoms with Crippen LogP contribution in [0.4, 0.5) is 26.3 Å². The fourth-order valence-corrected chi connectivity index (χ4v) is 1.69. The highest BCUT2D eigenvalue weighted by Crippen LogP contribution is 2.33. The molecule has 118 valence electrons. The van der Waals surface area contributed by atoms with Gasteiger partial charge in [-0.2, -0.15) is 26.3 Å². The number of hydrogen-bond donors (Lipinski definition) is 0. The van der Waals surface area contributed by atoms with Crippen molar-refractivity contribution in [2.75, 3.05) is 6.61 Å². The predicted molar refractivity (Wildman–Crippen MR) is 61.3 cm³/mol. The summed E-state index contributed by atoms with van der Waals surface area (Å²) in [6, 6.07) is 3.44. The Labute approximate surface area is 116 Å². The zero-order valence-corrected chi connectivity index (χ0v) is 10.9. The Balaban J connectivity index is 3.02. The molecule has 1 aromatic rings. The van der Waals surface area contributed by atoms with E-state index in [4.69, 9.17) is 0 Å². The first-order chi connectivity index (χ1) is 9.55. The van der Waals surface area contributed by atoms with Crippen LogP contribution < -0.4 is 0 Å². The topological polar surface area (TPSA) is 26.3 Å². The monoisotopic (exact) mass is 314 g/mol. The third-order valence-electron chi connectivity index (χ3n) is 2.66. The lowest BCUT2D eigenvalue weighted by Gasteiger charge is -2.19. The quantitative estimate of drug-likeness (QED) is 0.620. The lowest BCUT2D eigenvalue weighted by atomic mass is 9.97. The van der Waals surface area contributed by atoms with Crippen LogP contribution in [0.15, 0.2) is 24.3 Å². The van der Waals surface area contributed by atoms with Crippen LogP contribution in [0, 0.1) is 5.92 Å². The number of ether oxygens (including phenoxy) is 1. The van der Waals surface area contributed by atoms with E-state index in [-0.39, 0.29) is 12.2 Å². The molecule has 0 aliphatic heterocycles. The number of benzene rings is 1. The van der Waals surface area contributed by atoms with Crippen LogP contribution in [-0.2, 0) is 22.1 Å². The summed E-state index contributed by atoms with van der Waals surface area (Å²) >= 11 is 0. The van der Waals surface area contributed by atoms with E-state index in [1.165, 1.54) is 6.92 Å². The molecule has 21 heavy (non-hydrogen) atoms. The molecule has 0 aliphatic carbocycles. The first-order valence-electron chi connectivity index (χ1n) is 5.95. The second-order valence-electron chi connectivity index (χ2n) is 4.25. The normalized spacial score (nSPS) is 13.9. The first kappa shape index (κ1) is 17.3. The number of carbonyl (C=O) groups is 1. The zero-order chi connectivity index (χ0) is 16.3. The van der Waals surface area contributed by atoms with Gasteiger partial charge in [-0.25, -0.2) is 0 Å². The van der Waals surface area contributed by atoms with E-state index in [1.807, 2.05) is 0 Å². The predicted octanol–water partition coefficient (Wildman–Crippen LogP) is 3.99. The lowest BCUT2D eigenvalue weighted by molar-refractivity contribution is -0.197. The Kier molecular flexibility index (Phi) is 5.25. The summed E-state index contributed by atoms with van der Waals surface area (Å²) in [6.07, 6.45) is -10.4. The highest BCUT2D eigenvalue weighted by Gasteiger charge is 2.46. The molecule has 0 aromatic heterocycles. The van der Waals surface area contributed by atoms with Gasteiger partial charge in [-0.1, -0.05) is 18.2 Å². The van der Waals surface area contributed by atoms with Gasteiger partial charge in [0.05, 0.1) is 12.2 Å². The summed E-state index contributed by atoms with van der Waals surface area (Å²) in [4.78, 5) is 11.3. The molecule has 0 amide bonds. The lowest BCUT2D eigenvalue weighted by Crippen LogP contribution is -2.34. The fraction of sp³-hybridized carbons (Fsp3) is 0.462. The van der Waals surface area contributed by atoms with Crippen LogP contribution in [0.2, 0.25) is 0 Å². The van der Waals surface area contributed by atoms with Gasteiger partial charge in [0.15, 0.2) is 5.92 Å². The van der Waals surface area contributed by atoms with Crippen molar-refractivity contribution in [1.29, 1.82) is 0 Å². The summed E-state index contributed by atoms with van der Waals surface area (Å²) in [5.41, 5.74) is -1.30. The molecular weight excluding hydrogens is 302 g/mol. The van der Waals surface area contributed by atoms with Crippen LogP contribution in [0.3, 0.4) is 0 Å². The largest absolute Gasteiger partial charge is 0.466 e. The van der Waals surface area contributed by atoms with Crippen molar-refractivity contribution in [2.24, 2.45) is 5.92 Å². The first-order valence-corrected chi connectivity index (χ1v) is 5.95. The van der Waals surface area contributed by atoms with Gasteiger partial charge in [0.1, 0.15) is 0 Å². The Morgan fingerprint density at radius 1 is 1.19 bits per heavy atom. The molecule has 2 nitrogen and oxygen atoms in total. The molecule has 1 unspecified atom stereocenters. The van der Waals surface area contributed by atoms with Gasteiger partial charge in [0.2, 0.25) is 0 Å². The molecule has 1 atom stereocenters. The highest BCUT2D eigenvalue weighted by molar-refractivity contribution is 5.73. The molecule has 0 fully saturated rings. The Hall–Kier alpha value is -1.73. The molecule has 1 rings (SSSR count). The summed E-state index contributed by atoms with van der Waals surface area (Å²) in [7, 11) is 0. The Bertz CT molecular complexity index is 492.